The molecule has 0 atom stereocenters. The molecule has 4 aliphatic rings. The number of rotatable bonds is 8. The van der Waals surface area contributed by atoms with Crippen molar-refractivity contribution in [2.75, 3.05) is 89.7 Å². The van der Waals surface area contributed by atoms with Crippen molar-refractivity contribution in [1.29, 1.82) is 0 Å². The Morgan fingerprint density at radius 3 is 1.19 bits per heavy atom. The van der Waals surface area contributed by atoms with Crippen molar-refractivity contribution in [3.63, 3.8) is 0 Å². The van der Waals surface area contributed by atoms with Crippen LogP contribution in [0.5, 0.6) is 0 Å². The topological polar surface area (TPSA) is 137 Å². The predicted octanol–water partition coefficient (Wildman–Crippen LogP) is 9.57. The standard InChI is InChI=1S/2C28H40N2O5/c2*1-7-30(23-12-16-34-17-13-23)25-19-22(18-24(20(25)2)26(31)33-6)9-8-21-10-14-29(15-11-21)27(32)35-28(3,4)5/h2*18-19,21,23H,7,10-17H2,1-6H3. The average Bonchev–Trinajstić information content (AvgIpc) is 3.34. The number of nitrogens with zero attached hydrogens (tertiary/aromatic N) is 4. The van der Waals surface area contributed by atoms with E-state index in [1.165, 1.54) is 14.2 Å². The van der Waals surface area contributed by atoms with Gasteiger partial charge in [-0.3, -0.25) is 0 Å². The SMILES string of the molecule is CCN(c1cc(C#CC2CCN(C(=O)OC(C)(C)C)CC2)cc(C(=O)OC)c1C)C1CCOCC1.CCN(c1cc(C#CC2CCN(C(=O)OC(C)(C)C)CC2)cc(C(=O)OC)c1C)C1CCOCC1. The normalized spacial score (nSPS) is 17.4. The molecule has 0 aliphatic carbocycles. The molecule has 4 saturated heterocycles. The molecule has 2 aromatic rings. The highest BCUT2D eigenvalue weighted by Gasteiger charge is 2.30. The van der Waals surface area contributed by atoms with Crippen LogP contribution in [0.4, 0.5) is 21.0 Å². The highest BCUT2D eigenvalue weighted by molar-refractivity contribution is 5.94. The van der Waals surface area contributed by atoms with Crippen molar-refractivity contribution in [3.05, 3.63) is 57.6 Å². The molecule has 2 amide bonds. The summed E-state index contributed by atoms with van der Waals surface area (Å²) in [6.07, 6.45) is 6.55. The highest BCUT2D eigenvalue weighted by atomic mass is 16.6. The Balaban J connectivity index is 0.000000261. The number of esters is 2. The Morgan fingerprint density at radius 1 is 0.571 bits per heavy atom. The minimum atomic E-state index is -0.495. The molecule has 4 heterocycles. The van der Waals surface area contributed by atoms with Crippen molar-refractivity contribution < 1.29 is 47.6 Å². The van der Waals surface area contributed by atoms with Gasteiger partial charge in [-0.15, -0.1) is 0 Å². The number of amides is 2. The van der Waals surface area contributed by atoms with Crippen LogP contribution in [0.3, 0.4) is 0 Å². The van der Waals surface area contributed by atoms with Gasteiger partial charge < -0.3 is 48.0 Å². The molecule has 0 spiro atoms. The van der Waals surface area contributed by atoms with Crippen LogP contribution in [0.15, 0.2) is 24.3 Å². The molecule has 0 saturated carbocycles. The first-order chi connectivity index (χ1) is 33.2. The number of carbonyl (C=O) groups excluding carboxylic acids is 4. The van der Waals surface area contributed by atoms with Crippen LogP contribution >= 0.6 is 0 Å². The number of carbonyl (C=O) groups is 4. The summed E-state index contributed by atoms with van der Waals surface area (Å²) < 4.78 is 32.2. The number of likely N-dealkylation sites (tertiary alicyclic amines) is 2. The van der Waals surface area contributed by atoms with Gasteiger partial charge in [0.2, 0.25) is 0 Å². The molecular weight excluding hydrogens is 889 g/mol. The Bertz CT molecular complexity index is 2070. The molecule has 0 unspecified atom stereocenters. The second-order valence-corrected chi connectivity index (χ2v) is 20.6. The van der Waals surface area contributed by atoms with Gasteiger partial charge in [-0.1, -0.05) is 23.7 Å². The van der Waals surface area contributed by atoms with Gasteiger partial charge in [0, 0.05) is 112 Å². The molecular formula is C56H80N4O10. The van der Waals surface area contributed by atoms with Crippen LogP contribution < -0.4 is 9.80 Å². The monoisotopic (exact) mass is 969 g/mol. The lowest BCUT2D eigenvalue weighted by Crippen LogP contribution is -2.41. The summed E-state index contributed by atoms with van der Waals surface area (Å²) >= 11 is 0. The van der Waals surface area contributed by atoms with Crippen molar-refractivity contribution >= 4 is 35.5 Å². The number of benzene rings is 2. The summed E-state index contributed by atoms with van der Waals surface area (Å²) in [4.78, 5) is 58.1. The summed E-state index contributed by atoms with van der Waals surface area (Å²) in [5.41, 5.74) is 5.65. The van der Waals surface area contributed by atoms with E-state index < -0.39 is 11.2 Å². The Labute approximate surface area is 418 Å². The first kappa shape index (κ1) is 55.5. The van der Waals surface area contributed by atoms with Crippen LogP contribution in [-0.2, 0) is 28.4 Å². The summed E-state index contributed by atoms with van der Waals surface area (Å²) in [5, 5.41) is 0. The van der Waals surface area contributed by atoms with E-state index in [0.717, 1.165) is 125 Å². The number of piperidine rings is 2. The van der Waals surface area contributed by atoms with E-state index in [4.69, 9.17) is 28.4 Å². The molecule has 384 valence electrons. The zero-order valence-electron chi connectivity index (χ0n) is 44.2. The van der Waals surface area contributed by atoms with Gasteiger partial charge in [0.25, 0.3) is 0 Å². The quantitative estimate of drug-likeness (QED) is 0.142. The molecule has 4 fully saturated rings. The van der Waals surface area contributed by atoms with E-state index in [0.29, 0.717) is 49.4 Å². The second kappa shape index (κ2) is 25.6. The number of ether oxygens (including phenoxy) is 6. The highest BCUT2D eigenvalue weighted by Crippen LogP contribution is 2.32. The number of anilines is 2. The molecule has 2 aromatic carbocycles. The molecule has 0 N–H and O–H groups in total. The van der Waals surface area contributed by atoms with Crippen molar-refractivity contribution in [1.82, 2.24) is 9.80 Å². The van der Waals surface area contributed by atoms with Gasteiger partial charge in [-0.05, 0) is 156 Å². The third kappa shape index (κ3) is 15.8. The molecule has 70 heavy (non-hydrogen) atoms. The second-order valence-electron chi connectivity index (χ2n) is 20.6. The number of hydrogen-bond donors (Lipinski definition) is 0. The zero-order valence-corrected chi connectivity index (χ0v) is 44.2. The first-order valence-electron chi connectivity index (χ1n) is 25.4. The van der Waals surface area contributed by atoms with Crippen molar-refractivity contribution in [2.24, 2.45) is 11.8 Å². The molecule has 0 aromatic heterocycles. The number of methoxy groups -OCH3 is 2. The van der Waals surface area contributed by atoms with Crippen molar-refractivity contribution in [3.8, 4) is 23.7 Å². The molecule has 0 bridgehead atoms. The van der Waals surface area contributed by atoms with Crippen LogP contribution in [0.2, 0.25) is 0 Å². The fourth-order valence-corrected chi connectivity index (χ4v) is 9.46. The Hall–Kier alpha value is -5.44. The summed E-state index contributed by atoms with van der Waals surface area (Å²) in [6, 6.07) is 8.63. The summed E-state index contributed by atoms with van der Waals surface area (Å²) in [6.45, 7) is 26.7. The summed E-state index contributed by atoms with van der Waals surface area (Å²) in [5.74, 6) is 13.1. The molecule has 0 radical (unpaired) electrons. The molecule has 4 aliphatic heterocycles. The van der Waals surface area contributed by atoms with Gasteiger partial charge in [0.15, 0.2) is 0 Å². The lowest BCUT2D eigenvalue weighted by atomic mass is 9.96. The van der Waals surface area contributed by atoms with E-state index in [-0.39, 0.29) is 36.0 Å². The van der Waals surface area contributed by atoms with Crippen molar-refractivity contribution in [2.45, 2.75) is 144 Å². The number of hydrogen-bond acceptors (Lipinski definition) is 12. The fourth-order valence-electron chi connectivity index (χ4n) is 9.46. The van der Waals surface area contributed by atoms with Gasteiger partial charge in [-0.2, -0.15) is 0 Å². The third-order valence-electron chi connectivity index (χ3n) is 13.3. The molecule has 14 nitrogen and oxygen atoms in total. The van der Waals surface area contributed by atoms with Gasteiger partial charge in [0.05, 0.1) is 25.3 Å². The zero-order chi connectivity index (χ0) is 51.2. The third-order valence-corrected chi connectivity index (χ3v) is 13.3. The maximum atomic E-state index is 12.6. The van der Waals surface area contributed by atoms with Gasteiger partial charge in [0.1, 0.15) is 11.2 Å². The minimum absolute atomic E-state index is 0.192. The van der Waals surface area contributed by atoms with E-state index in [9.17, 15) is 19.2 Å². The Morgan fingerprint density at radius 2 is 0.900 bits per heavy atom. The molecule has 6 rings (SSSR count). The smallest absolute Gasteiger partial charge is 0.410 e. The van der Waals surface area contributed by atoms with Crippen LogP contribution in [0.1, 0.15) is 150 Å². The largest absolute Gasteiger partial charge is 0.465 e. The fraction of sp³-hybridized carbons (Fsp3) is 0.643. The maximum absolute atomic E-state index is 12.6. The minimum Gasteiger partial charge on any atom is -0.465 e. The first-order valence-corrected chi connectivity index (χ1v) is 25.4. The van der Waals surface area contributed by atoms with Gasteiger partial charge >= 0.3 is 24.1 Å². The maximum Gasteiger partial charge on any atom is 0.410 e. The average molecular weight is 969 g/mol. The lowest BCUT2D eigenvalue weighted by molar-refractivity contribution is 0.0189. The van der Waals surface area contributed by atoms with E-state index in [1.54, 1.807) is 9.80 Å². The van der Waals surface area contributed by atoms with E-state index in [1.807, 2.05) is 67.5 Å². The Kier molecular flexibility index (Phi) is 20.3. The van der Waals surface area contributed by atoms with Crippen LogP contribution in [-0.4, -0.2) is 137 Å². The van der Waals surface area contributed by atoms with Crippen LogP contribution in [0, 0.1) is 49.4 Å². The molecule has 14 heteroatoms. The summed E-state index contributed by atoms with van der Waals surface area (Å²) in [7, 11) is 2.82. The van der Waals surface area contributed by atoms with Gasteiger partial charge in [-0.25, -0.2) is 19.2 Å². The predicted molar refractivity (Wildman–Crippen MR) is 274 cm³/mol. The van der Waals surface area contributed by atoms with E-state index in [2.05, 4.69) is 59.5 Å². The lowest BCUT2D eigenvalue weighted by Gasteiger charge is -2.36. The van der Waals surface area contributed by atoms with E-state index >= 15 is 0 Å². The van der Waals surface area contributed by atoms with Crippen LogP contribution in [0.25, 0.3) is 0 Å².